The standard InChI is InChI=1S/C10H10ClN5O/c1-6-8(11)13-5-14-9(6)16-4-3-7(15-16)10(17)12-2/h3-5H,1-2H3,(H,12,17). The van der Waals surface area contributed by atoms with Crippen LogP contribution < -0.4 is 5.32 Å². The third-order valence-electron chi connectivity index (χ3n) is 2.26. The minimum absolute atomic E-state index is 0.249. The fourth-order valence-corrected chi connectivity index (χ4v) is 1.47. The summed E-state index contributed by atoms with van der Waals surface area (Å²) in [6, 6.07) is 1.61. The number of hydrogen-bond donors (Lipinski definition) is 1. The molecule has 0 atom stereocenters. The molecule has 0 aromatic carbocycles. The minimum Gasteiger partial charge on any atom is -0.354 e. The van der Waals surface area contributed by atoms with Gasteiger partial charge in [-0.3, -0.25) is 4.79 Å². The van der Waals surface area contributed by atoms with Crippen LogP contribution in [0.3, 0.4) is 0 Å². The molecular weight excluding hydrogens is 242 g/mol. The van der Waals surface area contributed by atoms with Crippen molar-refractivity contribution in [2.45, 2.75) is 6.92 Å². The van der Waals surface area contributed by atoms with Gasteiger partial charge in [0.05, 0.1) is 0 Å². The molecule has 1 N–H and O–H groups in total. The van der Waals surface area contributed by atoms with E-state index in [9.17, 15) is 4.79 Å². The number of carbonyl (C=O) groups excluding carboxylic acids is 1. The fraction of sp³-hybridized carbons (Fsp3) is 0.200. The zero-order valence-corrected chi connectivity index (χ0v) is 10.1. The summed E-state index contributed by atoms with van der Waals surface area (Å²) in [5.74, 6) is 0.307. The lowest BCUT2D eigenvalue weighted by atomic mass is 10.3. The van der Waals surface area contributed by atoms with E-state index in [1.54, 1.807) is 26.2 Å². The van der Waals surface area contributed by atoms with Gasteiger partial charge in [-0.15, -0.1) is 0 Å². The van der Waals surface area contributed by atoms with Crippen LogP contribution in [0.5, 0.6) is 0 Å². The highest BCUT2D eigenvalue weighted by Gasteiger charge is 2.11. The monoisotopic (exact) mass is 251 g/mol. The third kappa shape index (κ3) is 2.12. The van der Waals surface area contributed by atoms with E-state index >= 15 is 0 Å². The smallest absolute Gasteiger partial charge is 0.271 e. The van der Waals surface area contributed by atoms with Crippen LogP contribution in [0.4, 0.5) is 0 Å². The molecule has 0 fully saturated rings. The van der Waals surface area contributed by atoms with Crippen molar-refractivity contribution in [2.75, 3.05) is 7.05 Å². The molecule has 2 rings (SSSR count). The predicted molar refractivity (Wildman–Crippen MR) is 62.3 cm³/mol. The van der Waals surface area contributed by atoms with Crippen molar-refractivity contribution in [1.29, 1.82) is 0 Å². The van der Waals surface area contributed by atoms with Crippen LogP contribution >= 0.6 is 11.6 Å². The number of carbonyl (C=O) groups is 1. The van der Waals surface area contributed by atoms with Crippen LogP contribution in [0.2, 0.25) is 5.15 Å². The Morgan fingerprint density at radius 1 is 1.47 bits per heavy atom. The van der Waals surface area contributed by atoms with Crippen molar-refractivity contribution < 1.29 is 4.79 Å². The Morgan fingerprint density at radius 3 is 2.94 bits per heavy atom. The second-order valence-electron chi connectivity index (χ2n) is 3.34. The number of rotatable bonds is 2. The van der Waals surface area contributed by atoms with E-state index in [0.29, 0.717) is 22.2 Å². The molecule has 0 aliphatic rings. The molecule has 1 amide bonds. The average molecular weight is 252 g/mol. The van der Waals surface area contributed by atoms with Crippen molar-refractivity contribution in [1.82, 2.24) is 25.1 Å². The van der Waals surface area contributed by atoms with Gasteiger partial charge in [0.25, 0.3) is 5.91 Å². The van der Waals surface area contributed by atoms with Crippen LogP contribution in [0.25, 0.3) is 5.82 Å². The first-order chi connectivity index (χ1) is 8.13. The number of halogens is 1. The minimum atomic E-state index is -0.249. The van der Waals surface area contributed by atoms with Crippen molar-refractivity contribution >= 4 is 17.5 Å². The maximum atomic E-state index is 11.4. The third-order valence-corrected chi connectivity index (χ3v) is 2.64. The van der Waals surface area contributed by atoms with Gasteiger partial charge in [-0.2, -0.15) is 5.10 Å². The zero-order valence-electron chi connectivity index (χ0n) is 9.31. The summed E-state index contributed by atoms with van der Waals surface area (Å²) in [4.78, 5) is 19.3. The van der Waals surface area contributed by atoms with Gasteiger partial charge in [-0.1, -0.05) is 11.6 Å². The Bertz CT molecular complexity index is 566. The molecule has 2 heterocycles. The van der Waals surface area contributed by atoms with E-state index in [-0.39, 0.29) is 5.91 Å². The first-order valence-electron chi connectivity index (χ1n) is 4.88. The average Bonchev–Trinajstić information content (AvgIpc) is 2.81. The zero-order chi connectivity index (χ0) is 12.4. The highest BCUT2D eigenvalue weighted by molar-refractivity contribution is 6.30. The van der Waals surface area contributed by atoms with E-state index in [1.807, 2.05) is 0 Å². The van der Waals surface area contributed by atoms with Gasteiger partial charge < -0.3 is 5.32 Å². The quantitative estimate of drug-likeness (QED) is 0.808. The van der Waals surface area contributed by atoms with E-state index < -0.39 is 0 Å². The second kappa shape index (κ2) is 4.50. The van der Waals surface area contributed by atoms with Crippen molar-refractivity contribution in [3.63, 3.8) is 0 Å². The van der Waals surface area contributed by atoms with Crippen LogP contribution in [0.15, 0.2) is 18.6 Å². The molecule has 0 saturated heterocycles. The SMILES string of the molecule is CNC(=O)c1ccn(-c2ncnc(Cl)c2C)n1. The summed E-state index contributed by atoms with van der Waals surface area (Å²) in [7, 11) is 1.55. The molecule has 0 unspecified atom stereocenters. The summed E-state index contributed by atoms with van der Waals surface area (Å²) < 4.78 is 1.49. The van der Waals surface area contributed by atoms with Gasteiger partial charge >= 0.3 is 0 Å². The van der Waals surface area contributed by atoms with E-state index in [2.05, 4.69) is 20.4 Å². The van der Waals surface area contributed by atoms with Gasteiger partial charge in [0, 0.05) is 18.8 Å². The predicted octanol–water partition coefficient (Wildman–Crippen LogP) is 0.984. The fourth-order valence-electron chi connectivity index (χ4n) is 1.34. The molecule has 2 aromatic heterocycles. The largest absolute Gasteiger partial charge is 0.354 e. The lowest BCUT2D eigenvalue weighted by molar-refractivity contribution is 0.0957. The molecule has 17 heavy (non-hydrogen) atoms. The van der Waals surface area contributed by atoms with Crippen LogP contribution in [-0.2, 0) is 0 Å². The maximum absolute atomic E-state index is 11.4. The van der Waals surface area contributed by atoms with Gasteiger partial charge in [0.2, 0.25) is 0 Å². The van der Waals surface area contributed by atoms with Crippen molar-refractivity contribution in [3.05, 3.63) is 35.0 Å². The number of hydrogen-bond acceptors (Lipinski definition) is 4. The second-order valence-corrected chi connectivity index (χ2v) is 3.70. The number of nitrogens with one attached hydrogen (secondary N) is 1. The Kier molecular flexibility index (Phi) is 3.06. The van der Waals surface area contributed by atoms with Gasteiger partial charge in [0.15, 0.2) is 11.5 Å². The first-order valence-corrected chi connectivity index (χ1v) is 5.26. The Balaban J connectivity index is 2.44. The summed E-state index contributed by atoms with van der Waals surface area (Å²) in [6.45, 7) is 1.79. The van der Waals surface area contributed by atoms with Crippen molar-refractivity contribution in [3.8, 4) is 5.82 Å². The normalized spacial score (nSPS) is 10.3. The number of aromatic nitrogens is 4. The highest BCUT2D eigenvalue weighted by Crippen LogP contribution is 2.16. The molecule has 2 aromatic rings. The van der Waals surface area contributed by atoms with Gasteiger partial charge in [-0.05, 0) is 13.0 Å². The molecule has 88 valence electrons. The summed E-state index contributed by atoms with van der Waals surface area (Å²) in [5.41, 5.74) is 1.03. The van der Waals surface area contributed by atoms with Crippen LogP contribution in [0.1, 0.15) is 16.1 Å². The molecule has 0 radical (unpaired) electrons. The Hall–Kier alpha value is -1.95. The Morgan fingerprint density at radius 2 is 2.24 bits per heavy atom. The molecule has 6 nitrogen and oxygen atoms in total. The Labute approximate surface area is 103 Å². The summed E-state index contributed by atoms with van der Waals surface area (Å²) >= 11 is 5.89. The number of amides is 1. The van der Waals surface area contributed by atoms with Gasteiger partial charge in [0.1, 0.15) is 11.5 Å². The first kappa shape index (κ1) is 11.5. The van der Waals surface area contributed by atoms with E-state index in [1.165, 1.54) is 11.0 Å². The van der Waals surface area contributed by atoms with Crippen LogP contribution in [-0.4, -0.2) is 32.7 Å². The molecule has 0 aliphatic carbocycles. The van der Waals surface area contributed by atoms with Crippen molar-refractivity contribution in [2.24, 2.45) is 0 Å². The molecule has 0 aliphatic heterocycles. The van der Waals surface area contributed by atoms with Crippen LogP contribution in [0, 0.1) is 6.92 Å². The maximum Gasteiger partial charge on any atom is 0.271 e. The molecule has 0 bridgehead atoms. The number of nitrogens with zero attached hydrogens (tertiary/aromatic N) is 4. The lowest BCUT2D eigenvalue weighted by Gasteiger charge is -2.04. The summed E-state index contributed by atoms with van der Waals surface area (Å²) in [5, 5.41) is 6.97. The lowest BCUT2D eigenvalue weighted by Crippen LogP contribution is -2.18. The summed E-state index contributed by atoms with van der Waals surface area (Å²) in [6.07, 6.45) is 3.00. The molecule has 0 spiro atoms. The highest BCUT2D eigenvalue weighted by atomic mass is 35.5. The van der Waals surface area contributed by atoms with E-state index in [4.69, 9.17) is 11.6 Å². The molecule has 7 heteroatoms. The topological polar surface area (TPSA) is 72.7 Å². The van der Waals surface area contributed by atoms with E-state index in [0.717, 1.165) is 0 Å². The molecular formula is C10H10ClN5O. The molecule has 0 saturated carbocycles. The van der Waals surface area contributed by atoms with Gasteiger partial charge in [-0.25, -0.2) is 14.6 Å².